The van der Waals surface area contributed by atoms with Gasteiger partial charge in [0.1, 0.15) is 0 Å². The zero-order valence-corrected chi connectivity index (χ0v) is 14.7. The Hall–Kier alpha value is -2.57. The lowest BCUT2D eigenvalue weighted by atomic mass is 9.87. The normalized spacial score (nSPS) is 17.5. The van der Waals surface area contributed by atoms with E-state index in [-0.39, 0.29) is 17.1 Å². The first-order valence-corrected chi connectivity index (χ1v) is 8.37. The summed E-state index contributed by atoms with van der Waals surface area (Å²) in [7, 11) is 0. The van der Waals surface area contributed by atoms with Crippen LogP contribution < -0.4 is 0 Å². The molecule has 0 aliphatic carbocycles. The molecule has 0 bridgehead atoms. The van der Waals surface area contributed by atoms with Gasteiger partial charge in [0.2, 0.25) is 0 Å². The molecule has 0 aromatic carbocycles. The van der Waals surface area contributed by atoms with Gasteiger partial charge < -0.3 is 14.4 Å². The van der Waals surface area contributed by atoms with Crippen molar-refractivity contribution in [2.24, 2.45) is 0 Å². The van der Waals surface area contributed by atoms with Gasteiger partial charge in [-0.25, -0.2) is 4.79 Å². The number of aromatic nitrogens is 2. The third-order valence-electron chi connectivity index (χ3n) is 4.80. The van der Waals surface area contributed by atoms with Gasteiger partial charge in [0.25, 0.3) is 5.91 Å². The standard InChI is InChI=1S/C18H23N3O4/c1-17(2,3)14-6-9-21(19-14)18(16(23)24)7-10-20(11-8-18)15(22)13-5-4-12-25-13/h4-6,9,12H,7-8,10-11H2,1-3H3,(H,23,24). The fourth-order valence-electron chi connectivity index (χ4n) is 3.14. The number of furan rings is 1. The summed E-state index contributed by atoms with van der Waals surface area (Å²) in [5.41, 5.74) is -0.424. The molecule has 1 aliphatic heterocycles. The number of piperidine rings is 1. The molecule has 134 valence electrons. The van der Waals surface area contributed by atoms with Gasteiger partial charge in [-0.05, 0) is 18.2 Å². The molecule has 2 aromatic heterocycles. The van der Waals surface area contributed by atoms with Crippen LogP contribution in [0, 0.1) is 0 Å². The molecule has 7 nitrogen and oxygen atoms in total. The zero-order valence-electron chi connectivity index (χ0n) is 14.7. The van der Waals surface area contributed by atoms with Crippen molar-refractivity contribution in [1.82, 2.24) is 14.7 Å². The van der Waals surface area contributed by atoms with E-state index in [4.69, 9.17) is 4.42 Å². The van der Waals surface area contributed by atoms with Crippen LogP contribution in [0.5, 0.6) is 0 Å². The molecule has 0 spiro atoms. The van der Waals surface area contributed by atoms with E-state index in [0.29, 0.717) is 25.9 Å². The SMILES string of the molecule is CC(C)(C)c1ccn(C2(C(=O)O)CCN(C(=O)c3ccco3)CC2)n1. The van der Waals surface area contributed by atoms with Crippen molar-refractivity contribution in [3.8, 4) is 0 Å². The minimum Gasteiger partial charge on any atom is -0.479 e. The molecular formula is C18H23N3O4. The van der Waals surface area contributed by atoms with Crippen molar-refractivity contribution in [3.63, 3.8) is 0 Å². The fourth-order valence-corrected chi connectivity index (χ4v) is 3.14. The summed E-state index contributed by atoms with van der Waals surface area (Å²) in [5, 5.41) is 14.4. The smallest absolute Gasteiger partial charge is 0.331 e. The van der Waals surface area contributed by atoms with Crippen LogP contribution in [0.3, 0.4) is 0 Å². The average Bonchev–Trinajstić information content (AvgIpc) is 3.25. The largest absolute Gasteiger partial charge is 0.479 e. The third-order valence-corrected chi connectivity index (χ3v) is 4.80. The molecule has 25 heavy (non-hydrogen) atoms. The van der Waals surface area contributed by atoms with Gasteiger partial charge in [-0.2, -0.15) is 5.10 Å². The molecule has 2 aromatic rings. The van der Waals surface area contributed by atoms with Crippen molar-refractivity contribution in [2.45, 2.75) is 44.6 Å². The lowest BCUT2D eigenvalue weighted by Gasteiger charge is -2.38. The molecule has 1 N–H and O–H groups in total. The van der Waals surface area contributed by atoms with Crippen molar-refractivity contribution >= 4 is 11.9 Å². The number of nitrogens with zero attached hydrogens (tertiary/aromatic N) is 3. The Morgan fingerprint density at radius 2 is 1.92 bits per heavy atom. The summed E-state index contributed by atoms with van der Waals surface area (Å²) in [5.74, 6) is -0.849. The molecule has 1 saturated heterocycles. The van der Waals surface area contributed by atoms with Gasteiger partial charge in [-0.15, -0.1) is 0 Å². The second-order valence-corrected chi connectivity index (χ2v) is 7.50. The third kappa shape index (κ3) is 3.06. The van der Waals surface area contributed by atoms with E-state index in [2.05, 4.69) is 5.10 Å². The number of aliphatic carboxylic acids is 1. The minimum absolute atomic E-state index is 0.152. The molecule has 1 amide bonds. The maximum Gasteiger partial charge on any atom is 0.331 e. The Bertz CT molecular complexity index is 763. The van der Waals surface area contributed by atoms with Gasteiger partial charge in [-0.3, -0.25) is 9.48 Å². The number of carbonyl (C=O) groups is 2. The highest BCUT2D eigenvalue weighted by molar-refractivity contribution is 5.91. The van der Waals surface area contributed by atoms with E-state index < -0.39 is 11.5 Å². The lowest BCUT2D eigenvalue weighted by Crippen LogP contribution is -2.52. The Kier molecular flexibility index (Phi) is 4.18. The van der Waals surface area contributed by atoms with Crippen LogP contribution in [0.15, 0.2) is 35.1 Å². The number of hydrogen-bond donors (Lipinski definition) is 1. The highest BCUT2D eigenvalue weighted by atomic mass is 16.4. The number of hydrogen-bond acceptors (Lipinski definition) is 4. The first-order chi connectivity index (χ1) is 11.7. The van der Waals surface area contributed by atoms with E-state index in [1.807, 2.05) is 26.8 Å². The van der Waals surface area contributed by atoms with Crippen molar-refractivity contribution in [2.75, 3.05) is 13.1 Å². The van der Waals surface area contributed by atoms with E-state index in [9.17, 15) is 14.7 Å². The first-order valence-electron chi connectivity index (χ1n) is 8.37. The summed E-state index contributed by atoms with van der Waals surface area (Å²) in [6.45, 7) is 6.81. The number of rotatable bonds is 3. The summed E-state index contributed by atoms with van der Waals surface area (Å²) in [4.78, 5) is 26.1. The predicted molar refractivity (Wildman–Crippen MR) is 90.4 cm³/mol. The topological polar surface area (TPSA) is 88.6 Å². The van der Waals surface area contributed by atoms with E-state index in [0.717, 1.165) is 5.69 Å². The molecule has 3 rings (SSSR count). The Morgan fingerprint density at radius 1 is 1.24 bits per heavy atom. The Balaban J connectivity index is 1.81. The molecule has 3 heterocycles. The van der Waals surface area contributed by atoms with Gasteiger partial charge in [0.15, 0.2) is 11.3 Å². The first kappa shape index (κ1) is 17.3. The quantitative estimate of drug-likeness (QED) is 0.923. The lowest BCUT2D eigenvalue weighted by molar-refractivity contribution is -0.150. The maximum atomic E-state index is 12.4. The summed E-state index contributed by atoms with van der Waals surface area (Å²) in [6.07, 6.45) is 3.80. The van der Waals surface area contributed by atoms with Crippen LogP contribution in [0.25, 0.3) is 0 Å². The van der Waals surface area contributed by atoms with Crippen LogP contribution in [0.4, 0.5) is 0 Å². The molecule has 0 saturated carbocycles. The summed E-state index contributed by atoms with van der Waals surface area (Å²) >= 11 is 0. The number of likely N-dealkylation sites (tertiary alicyclic amines) is 1. The van der Waals surface area contributed by atoms with Crippen LogP contribution >= 0.6 is 0 Å². The zero-order chi connectivity index (χ0) is 18.2. The summed E-state index contributed by atoms with van der Waals surface area (Å²) in [6, 6.07) is 5.14. The molecule has 1 aliphatic rings. The minimum atomic E-state index is -1.12. The van der Waals surface area contributed by atoms with E-state index in [1.54, 1.807) is 27.9 Å². The number of carbonyl (C=O) groups excluding carboxylic acids is 1. The number of carboxylic acid groups (broad SMARTS) is 1. The average molecular weight is 345 g/mol. The van der Waals surface area contributed by atoms with Gasteiger partial charge >= 0.3 is 5.97 Å². The van der Waals surface area contributed by atoms with Gasteiger partial charge in [-0.1, -0.05) is 20.8 Å². The molecule has 0 atom stereocenters. The second-order valence-electron chi connectivity index (χ2n) is 7.50. The number of amides is 1. The molecule has 1 fully saturated rings. The van der Waals surface area contributed by atoms with Gasteiger partial charge in [0, 0.05) is 37.5 Å². The van der Waals surface area contributed by atoms with Gasteiger partial charge in [0.05, 0.1) is 12.0 Å². The summed E-state index contributed by atoms with van der Waals surface area (Å²) < 4.78 is 6.71. The van der Waals surface area contributed by atoms with Crippen molar-refractivity contribution < 1.29 is 19.1 Å². The van der Waals surface area contributed by atoms with Crippen LogP contribution in [-0.4, -0.2) is 44.8 Å². The van der Waals surface area contributed by atoms with Crippen LogP contribution in [0.1, 0.15) is 49.9 Å². The molecule has 7 heteroatoms. The number of carboxylic acids is 1. The predicted octanol–water partition coefficient (Wildman–Crippen LogP) is 2.49. The van der Waals surface area contributed by atoms with Crippen LogP contribution in [0.2, 0.25) is 0 Å². The molecule has 0 unspecified atom stereocenters. The monoisotopic (exact) mass is 345 g/mol. The molecular weight excluding hydrogens is 322 g/mol. The van der Waals surface area contributed by atoms with Crippen molar-refractivity contribution in [1.29, 1.82) is 0 Å². The highest BCUT2D eigenvalue weighted by Gasteiger charge is 2.45. The van der Waals surface area contributed by atoms with Crippen LogP contribution in [-0.2, 0) is 15.7 Å². The van der Waals surface area contributed by atoms with E-state index >= 15 is 0 Å². The van der Waals surface area contributed by atoms with Crippen molar-refractivity contribution in [3.05, 3.63) is 42.1 Å². The fraction of sp³-hybridized carbons (Fsp3) is 0.500. The Morgan fingerprint density at radius 3 is 2.40 bits per heavy atom. The highest BCUT2D eigenvalue weighted by Crippen LogP contribution is 2.32. The second kappa shape index (κ2) is 6.06. The Labute approximate surface area is 146 Å². The maximum absolute atomic E-state index is 12.4. The molecule has 0 radical (unpaired) electrons. The van der Waals surface area contributed by atoms with E-state index in [1.165, 1.54) is 6.26 Å².